The molecule has 0 fully saturated rings. The Bertz CT molecular complexity index is 1440. The topological polar surface area (TPSA) is 41.4 Å². The van der Waals surface area contributed by atoms with Crippen LogP contribution in [0.2, 0.25) is 0 Å². The summed E-state index contributed by atoms with van der Waals surface area (Å²) in [6.07, 6.45) is 7.32. The highest BCUT2D eigenvalue weighted by atomic mass is 127. The molecule has 0 bridgehead atoms. The van der Waals surface area contributed by atoms with Crippen molar-refractivity contribution in [3.8, 4) is 11.5 Å². The zero-order chi connectivity index (χ0) is 28.6. The minimum atomic E-state index is -4.37. The maximum Gasteiger partial charge on any atom is 0.416 e. The number of allylic oxidation sites excluding steroid dienone is 3. The lowest BCUT2D eigenvalue weighted by Crippen LogP contribution is -3.06. The predicted octanol–water partition coefficient (Wildman–Crippen LogP) is 3.17. The van der Waals surface area contributed by atoms with Crippen LogP contribution >= 0.6 is 0 Å². The first kappa shape index (κ1) is 30.7. The van der Waals surface area contributed by atoms with Crippen LogP contribution in [0.5, 0.6) is 11.5 Å². The summed E-state index contributed by atoms with van der Waals surface area (Å²) < 4.78 is 63.5. The van der Waals surface area contributed by atoms with E-state index in [4.69, 9.17) is 18.9 Å². The van der Waals surface area contributed by atoms with E-state index >= 15 is 0 Å². The summed E-state index contributed by atoms with van der Waals surface area (Å²) >= 11 is 0. The summed E-state index contributed by atoms with van der Waals surface area (Å²) in [6.45, 7) is 3.85. The van der Waals surface area contributed by atoms with E-state index in [-0.39, 0.29) is 36.9 Å². The van der Waals surface area contributed by atoms with Crippen LogP contribution in [0, 0.1) is 0 Å². The van der Waals surface area contributed by atoms with E-state index < -0.39 is 11.7 Å². The van der Waals surface area contributed by atoms with Gasteiger partial charge in [-0.3, -0.25) is 4.90 Å². The van der Waals surface area contributed by atoms with Gasteiger partial charge >= 0.3 is 6.18 Å². The minimum Gasteiger partial charge on any atom is -1.00 e. The largest absolute Gasteiger partial charge is 1.00 e. The van der Waals surface area contributed by atoms with Crippen LogP contribution in [-0.2, 0) is 28.5 Å². The Balaban J connectivity index is 0.00000353. The molecule has 2 aromatic carbocycles. The van der Waals surface area contributed by atoms with Crippen molar-refractivity contribution in [2.75, 3.05) is 27.1 Å². The third-order valence-corrected chi connectivity index (χ3v) is 8.26. The molecule has 0 saturated carbocycles. The highest BCUT2D eigenvalue weighted by Gasteiger charge is 2.40. The Morgan fingerprint density at radius 2 is 1.76 bits per heavy atom. The number of nitrogens with one attached hydrogen (secondary N) is 1. The maximum absolute atomic E-state index is 13.3. The Labute approximate surface area is 261 Å². The molecule has 3 heterocycles. The summed E-state index contributed by atoms with van der Waals surface area (Å²) in [5, 5.41) is 0. The second-order valence-electron chi connectivity index (χ2n) is 10.9. The van der Waals surface area contributed by atoms with Gasteiger partial charge in [0.2, 0.25) is 6.79 Å². The van der Waals surface area contributed by atoms with Crippen LogP contribution in [0.3, 0.4) is 0 Å². The summed E-state index contributed by atoms with van der Waals surface area (Å²) in [5.41, 5.74) is 6.72. The van der Waals surface area contributed by atoms with Gasteiger partial charge in [0.1, 0.15) is 23.8 Å². The molecule has 0 radical (unpaired) electrons. The first-order valence-electron chi connectivity index (χ1n) is 14.4. The number of ether oxygens (including phenoxy) is 4. The molecule has 224 valence electrons. The van der Waals surface area contributed by atoms with Crippen molar-refractivity contribution in [3.63, 3.8) is 0 Å². The lowest BCUT2D eigenvalue weighted by molar-refractivity contribution is -0.771. The van der Waals surface area contributed by atoms with Crippen LogP contribution in [-0.4, -0.2) is 33.2 Å². The van der Waals surface area contributed by atoms with Crippen molar-refractivity contribution in [1.82, 2.24) is 0 Å². The van der Waals surface area contributed by atoms with Crippen LogP contribution in [0.15, 0.2) is 77.2 Å². The molecule has 4 aliphatic rings. The van der Waals surface area contributed by atoms with Crippen molar-refractivity contribution < 1.29 is 61.0 Å². The summed E-state index contributed by atoms with van der Waals surface area (Å²) in [4.78, 5) is 1.20. The highest BCUT2D eigenvalue weighted by Crippen LogP contribution is 2.43. The maximum atomic E-state index is 13.3. The molecular weight excluding hydrogens is 658 g/mol. The van der Waals surface area contributed by atoms with Gasteiger partial charge in [-0.05, 0) is 53.5 Å². The van der Waals surface area contributed by atoms with Gasteiger partial charge in [0.25, 0.3) is 0 Å². The Morgan fingerprint density at radius 3 is 2.48 bits per heavy atom. The van der Waals surface area contributed by atoms with Crippen molar-refractivity contribution in [2.45, 2.75) is 57.7 Å². The second-order valence-corrected chi connectivity index (χ2v) is 10.9. The van der Waals surface area contributed by atoms with Gasteiger partial charge < -0.3 is 42.9 Å². The number of methoxy groups -OCH3 is 1. The number of halogens is 4. The predicted molar refractivity (Wildman–Crippen MR) is 149 cm³/mol. The molecule has 42 heavy (non-hydrogen) atoms. The molecule has 0 spiro atoms. The quantitative estimate of drug-likeness (QED) is 0.324. The molecule has 2 aromatic rings. The third-order valence-electron chi connectivity index (χ3n) is 8.26. The SMILES string of the molecule is CCCCCCOC1C(OC)=CC=C2C1=C[NH+]1CCc3cc4c(cc3C1=C2Cc1ccc(C(F)(F)F)cc1)OCO4.[I-]. The van der Waals surface area contributed by atoms with Gasteiger partial charge in [0.15, 0.2) is 11.5 Å². The van der Waals surface area contributed by atoms with Gasteiger partial charge in [-0.1, -0.05) is 44.4 Å². The minimum absolute atomic E-state index is 0. The summed E-state index contributed by atoms with van der Waals surface area (Å²) in [6, 6.07) is 9.62. The molecule has 0 saturated heterocycles. The van der Waals surface area contributed by atoms with Crippen molar-refractivity contribution >= 4 is 5.70 Å². The van der Waals surface area contributed by atoms with E-state index in [9.17, 15) is 13.2 Å². The zero-order valence-corrected chi connectivity index (χ0v) is 25.9. The fourth-order valence-electron chi connectivity index (χ4n) is 6.16. The van der Waals surface area contributed by atoms with Gasteiger partial charge in [0.05, 0.1) is 19.2 Å². The summed E-state index contributed by atoms with van der Waals surface area (Å²) in [5.74, 6) is 2.23. The molecule has 0 amide bonds. The monoisotopic (exact) mass is 693 g/mol. The number of benzene rings is 2. The van der Waals surface area contributed by atoms with E-state index in [0.29, 0.717) is 18.8 Å². The molecule has 9 heteroatoms. The molecule has 2 unspecified atom stereocenters. The van der Waals surface area contributed by atoms with Gasteiger partial charge in [-0.2, -0.15) is 13.2 Å². The van der Waals surface area contributed by atoms with E-state index in [2.05, 4.69) is 31.3 Å². The number of hydrogen-bond donors (Lipinski definition) is 1. The van der Waals surface area contributed by atoms with Gasteiger partial charge in [0, 0.05) is 36.2 Å². The smallest absolute Gasteiger partial charge is 0.416 e. The average molecular weight is 694 g/mol. The van der Waals surface area contributed by atoms with Crippen molar-refractivity contribution in [3.05, 3.63) is 99.5 Å². The molecule has 1 N–H and O–H groups in total. The normalized spacial score (nSPS) is 20.5. The van der Waals surface area contributed by atoms with Gasteiger partial charge in [-0.15, -0.1) is 0 Å². The van der Waals surface area contributed by atoms with E-state index in [0.717, 1.165) is 89.4 Å². The van der Waals surface area contributed by atoms with Crippen LogP contribution in [0.1, 0.15) is 54.9 Å². The fourth-order valence-corrected chi connectivity index (χ4v) is 6.16. The molecule has 1 aliphatic carbocycles. The molecule has 0 aromatic heterocycles. The lowest BCUT2D eigenvalue weighted by Gasteiger charge is -2.36. The molecular formula is C33H35F3INO4. The second kappa shape index (κ2) is 12.9. The summed E-state index contributed by atoms with van der Waals surface area (Å²) in [7, 11) is 1.67. The highest BCUT2D eigenvalue weighted by molar-refractivity contribution is 5.77. The van der Waals surface area contributed by atoms with E-state index in [1.165, 1.54) is 16.9 Å². The van der Waals surface area contributed by atoms with Crippen LogP contribution in [0.4, 0.5) is 13.2 Å². The number of quaternary nitrogens is 1. The number of rotatable bonds is 9. The number of fused-ring (bicyclic) bond motifs is 5. The van der Waals surface area contributed by atoms with Crippen molar-refractivity contribution in [2.24, 2.45) is 0 Å². The van der Waals surface area contributed by atoms with E-state index in [1.54, 1.807) is 19.2 Å². The van der Waals surface area contributed by atoms with E-state index in [1.807, 2.05) is 6.08 Å². The average Bonchev–Trinajstić information content (AvgIpc) is 3.43. The zero-order valence-electron chi connectivity index (χ0n) is 23.8. The Morgan fingerprint density at radius 1 is 1.00 bits per heavy atom. The Hall–Kier alpha value is -2.76. The molecule has 3 aliphatic heterocycles. The first-order chi connectivity index (χ1) is 19.9. The number of alkyl halides is 3. The number of hydrogen-bond acceptors (Lipinski definition) is 4. The first-order valence-corrected chi connectivity index (χ1v) is 14.4. The molecule has 2 atom stereocenters. The third kappa shape index (κ3) is 6.01. The molecule has 5 nitrogen and oxygen atoms in total. The van der Waals surface area contributed by atoms with Crippen LogP contribution < -0.4 is 38.4 Å². The van der Waals surface area contributed by atoms with Gasteiger partial charge in [-0.25, -0.2) is 0 Å². The standard InChI is InChI=1S/C33H34F3NO4.HI/c1-3-4-5-6-15-39-32-27-19-37-14-13-22-17-29-30(41-20-40-29)18-25(22)31(37)26(24(27)11-12-28(32)38-2)16-21-7-9-23(10-8-21)33(34,35)36;/h7-12,17-19,32H,3-6,13-16,20H2,1-2H3;1H. The van der Waals surface area contributed by atoms with Crippen molar-refractivity contribution in [1.29, 1.82) is 0 Å². The number of unbranched alkanes of at least 4 members (excludes halogenated alkanes) is 3. The Kier molecular flexibility index (Phi) is 9.39. The molecule has 6 rings (SSSR count). The van der Waals surface area contributed by atoms with Crippen LogP contribution in [0.25, 0.3) is 5.70 Å². The fraction of sp³-hybridized carbons (Fsp3) is 0.394. The lowest BCUT2D eigenvalue weighted by atomic mass is 9.79.